The van der Waals surface area contributed by atoms with Crippen molar-refractivity contribution >= 4 is 12.4 Å². The topological polar surface area (TPSA) is 0 Å². The molecule has 0 saturated carbocycles. The van der Waals surface area contributed by atoms with Gasteiger partial charge >= 0.3 is 58.4 Å². The van der Waals surface area contributed by atoms with Crippen LogP contribution >= 0.6 is 0 Å². The zero-order valence-corrected chi connectivity index (χ0v) is 10.8. The summed E-state index contributed by atoms with van der Waals surface area (Å²) < 4.78 is 73.0. The quantitative estimate of drug-likeness (QED) is 0.506. The molecule has 0 heterocycles. The number of halogens is 6. The fraction of sp³-hybridized carbons (Fsp3) is 0.143. The van der Waals surface area contributed by atoms with Gasteiger partial charge in [-0.2, -0.15) is 0 Å². The van der Waals surface area contributed by atoms with E-state index in [4.69, 9.17) is 0 Å². The van der Waals surface area contributed by atoms with Crippen LogP contribution in [0, 0.1) is 5.82 Å². The number of hydrogen-bond donors (Lipinski definition) is 0. The molecule has 15 heavy (non-hydrogen) atoms. The van der Waals surface area contributed by atoms with Crippen molar-refractivity contribution in [1.29, 1.82) is 0 Å². The molecule has 0 fully saturated rings. The molecule has 0 amide bonds. The minimum absolute atomic E-state index is 0. The van der Waals surface area contributed by atoms with Crippen LogP contribution in [-0.2, 0) is 0 Å². The Kier molecular flexibility index (Phi) is 5.91. The monoisotopic (exact) mass is 252 g/mol. The predicted octanol–water partition coefficient (Wildman–Crippen LogP) is -0.178. The minimum atomic E-state index is -5.53. The molecule has 0 nitrogen and oxygen atoms in total. The summed E-state index contributed by atoms with van der Waals surface area (Å²) in [5, 5.41) is 0. The molecular formula is C7H4BF6K. The summed E-state index contributed by atoms with van der Waals surface area (Å²) in [7, 11) is 0. The summed E-state index contributed by atoms with van der Waals surface area (Å²) in [5.41, 5.74) is -2.75. The van der Waals surface area contributed by atoms with Crippen LogP contribution in [0.3, 0.4) is 0 Å². The molecular weight excluding hydrogens is 248 g/mol. The van der Waals surface area contributed by atoms with Gasteiger partial charge in [0.05, 0.1) is 0 Å². The normalized spacial score (nSPS) is 11.4. The van der Waals surface area contributed by atoms with Gasteiger partial charge in [0.2, 0.25) is 0 Å². The van der Waals surface area contributed by atoms with Crippen LogP contribution in [0.15, 0.2) is 18.2 Å². The van der Waals surface area contributed by atoms with E-state index < -0.39 is 30.2 Å². The zero-order valence-electron chi connectivity index (χ0n) is 7.65. The maximum Gasteiger partial charge on any atom is 1.00 e. The van der Waals surface area contributed by atoms with E-state index in [2.05, 4.69) is 0 Å². The third kappa shape index (κ3) is 4.10. The van der Waals surface area contributed by atoms with Crippen LogP contribution < -0.4 is 56.8 Å². The van der Waals surface area contributed by atoms with E-state index in [0.29, 0.717) is 12.1 Å². The van der Waals surface area contributed by atoms with E-state index in [0.717, 1.165) is 0 Å². The summed E-state index contributed by atoms with van der Waals surface area (Å²) in [5.74, 6) is -1.11. The maximum absolute atomic E-state index is 12.4. The summed E-state index contributed by atoms with van der Waals surface area (Å²) in [4.78, 5) is 0. The van der Waals surface area contributed by atoms with Crippen LogP contribution in [0.4, 0.5) is 26.1 Å². The Labute approximate surface area is 125 Å². The molecule has 0 spiro atoms. The van der Waals surface area contributed by atoms with Gasteiger partial charge in [-0.1, -0.05) is 11.5 Å². The Balaban J connectivity index is 0.00000196. The van der Waals surface area contributed by atoms with Crippen molar-refractivity contribution < 1.29 is 77.5 Å². The molecule has 0 aliphatic rings. The Morgan fingerprint density at radius 1 is 1.07 bits per heavy atom. The molecule has 0 unspecified atom stereocenters. The van der Waals surface area contributed by atoms with Gasteiger partial charge in [0.15, 0.2) is 0 Å². The van der Waals surface area contributed by atoms with Crippen molar-refractivity contribution in [1.82, 2.24) is 0 Å². The second-order valence-corrected chi connectivity index (χ2v) is 2.65. The van der Waals surface area contributed by atoms with Crippen LogP contribution in [-0.4, -0.2) is 6.98 Å². The number of rotatable bonds is 2. The molecule has 0 bridgehead atoms. The molecule has 0 aliphatic heterocycles. The van der Waals surface area contributed by atoms with Crippen molar-refractivity contribution in [2.24, 2.45) is 0 Å². The number of hydrogen-bond acceptors (Lipinski definition) is 0. The third-order valence-electron chi connectivity index (χ3n) is 1.64. The summed E-state index contributed by atoms with van der Waals surface area (Å²) in [6.07, 6.45) is -3.33. The van der Waals surface area contributed by atoms with Gasteiger partial charge in [0.1, 0.15) is 5.82 Å². The SMILES string of the molecule is Fc1ccc([B-](F)(F)F)c(C(F)F)c1.[K+]. The molecule has 0 atom stereocenters. The Morgan fingerprint density at radius 3 is 2.00 bits per heavy atom. The molecule has 8 heteroatoms. The smallest absolute Gasteiger partial charge is 0.445 e. The van der Waals surface area contributed by atoms with E-state index in [1.807, 2.05) is 0 Å². The minimum Gasteiger partial charge on any atom is -0.445 e. The molecule has 0 saturated heterocycles. The average Bonchev–Trinajstić information content (AvgIpc) is 2.01. The first-order valence-corrected chi connectivity index (χ1v) is 3.60. The Morgan fingerprint density at radius 2 is 1.60 bits per heavy atom. The van der Waals surface area contributed by atoms with Gasteiger partial charge in [0.25, 0.3) is 6.43 Å². The van der Waals surface area contributed by atoms with Crippen LogP contribution in [0.1, 0.15) is 12.0 Å². The second kappa shape index (κ2) is 5.72. The maximum atomic E-state index is 12.4. The zero-order chi connectivity index (χ0) is 10.9. The van der Waals surface area contributed by atoms with E-state index in [1.54, 1.807) is 0 Å². The standard InChI is InChI=1S/C7H4BF6.K/c9-4-1-2-6(8(12,13)14)5(3-4)7(10)11;/h1-3,7H;/q-1;+1. The van der Waals surface area contributed by atoms with Gasteiger partial charge in [-0.3, -0.25) is 0 Å². The van der Waals surface area contributed by atoms with E-state index in [9.17, 15) is 26.1 Å². The molecule has 0 aromatic heterocycles. The number of benzene rings is 1. The van der Waals surface area contributed by atoms with Crippen molar-refractivity contribution in [3.63, 3.8) is 0 Å². The van der Waals surface area contributed by atoms with E-state index in [1.165, 1.54) is 0 Å². The Bertz CT molecular complexity index is 337. The predicted molar refractivity (Wildman–Crippen MR) is 40.1 cm³/mol. The van der Waals surface area contributed by atoms with Gasteiger partial charge in [0, 0.05) is 0 Å². The van der Waals surface area contributed by atoms with Gasteiger partial charge in [-0.25, -0.2) is 13.2 Å². The van der Waals surface area contributed by atoms with Crippen LogP contribution in [0.2, 0.25) is 0 Å². The van der Waals surface area contributed by atoms with E-state index >= 15 is 0 Å². The fourth-order valence-corrected chi connectivity index (χ4v) is 1.03. The molecule has 0 N–H and O–H groups in total. The largest absolute Gasteiger partial charge is 1.00 e. The van der Waals surface area contributed by atoms with Crippen molar-refractivity contribution in [2.75, 3.05) is 0 Å². The summed E-state index contributed by atoms with van der Waals surface area (Å²) in [6.45, 7) is -5.53. The number of alkyl halides is 2. The van der Waals surface area contributed by atoms with Crippen LogP contribution in [0.25, 0.3) is 0 Å². The molecule has 0 radical (unpaired) electrons. The van der Waals surface area contributed by atoms with Gasteiger partial charge in [-0.15, -0.1) is 0 Å². The average molecular weight is 252 g/mol. The van der Waals surface area contributed by atoms with Crippen molar-refractivity contribution in [3.05, 3.63) is 29.6 Å². The van der Waals surface area contributed by atoms with Crippen molar-refractivity contribution in [3.8, 4) is 0 Å². The molecule has 1 aromatic rings. The molecule has 1 rings (SSSR count). The third-order valence-corrected chi connectivity index (χ3v) is 1.64. The first-order chi connectivity index (χ1) is 6.32. The van der Waals surface area contributed by atoms with Gasteiger partial charge in [-0.05, 0) is 17.7 Å². The van der Waals surface area contributed by atoms with E-state index in [-0.39, 0.29) is 57.5 Å². The molecule has 0 aliphatic carbocycles. The first kappa shape index (κ1) is 15.5. The Hall–Kier alpha value is 0.501. The summed E-state index contributed by atoms with van der Waals surface area (Å²) in [6, 6.07) is 1.04. The molecule has 1 aromatic carbocycles. The van der Waals surface area contributed by atoms with Gasteiger partial charge < -0.3 is 12.9 Å². The van der Waals surface area contributed by atoms with Crippen molar-refractivity contribution in [2.45, 2.75) is 6.43 Å². The fourth-order valence-electron chi connectivity index (χ4n) is 1.03. The molecule has 78 valence electrons. The first-order valence-electron chi connectivity index (χ1n) is 3.60. The van der Waals surface area contributed by atoms with Crippen LogP contribution in [0.5, 0.6) is 0 Å². The second-order valence-electron chi connectivity index (χ2n) is 2.65. The summed E-state index contributed by atoms with van der Waals surface area (Å²) >= 11 is 0.